The molecule has 0 radical (unpaired) electrons. The molecule has 1 aliphatic rings. The molecule has 0 spiro atoms. The van der Waals surface area contributed by atoms with Crippen LogP contribution in [-0.2, 0) is 0 Å². The van der Waals surface area contributed by atoms with Gasteiger partial charge in [0, 0.05) is 5.39 Å². The van der Waals surface area contributed by atoms with E-state index in [1.54, 1.807) is 7.11 Å². The van der Waals surface area contributed by atoms with Gasteiger partial charge in [0.25, 0.3) is 0 Å². The van der Waals surface area contributed by atoms with E-state index in [1.165, 1.54) is 12.8 Å². The van der Waals surface area contributed by atoms with Gasteiger partial charge in [-0.15, -0.1) is 0 Å². The Kier molecular flexibility index (Phi) is 1.65. The predicted octanol–water partition coefficient (Wildman–Crippen LogP) is 1.96. The van der Waals surface area contributed by atoms with E-state index >= 15 is 0 Å². The highest BCUT2D eigenvalue weighted by Crippen LogP contribution is 2.40. The van der Waals surface area contributed by atoms with Gasteiger partial charge in [-0.3, -0.25) is 4.68 Å². The van der Waals surface area contributed by atoms with Gasteiger partial charge in [0.2, 0.25) is 0 Å². The summed E-state index contributed by atoms with van der Waals surface area (Å²) in [5, 5.41) is 5.48. The Morgan fingerprint density at radius 1 is 1.47 bits per heavy atom. The van der Waals surface area contributed by atoms with Crippen molar-refractivity contribution in [3.8, 4) is 5.75 Å². The molecule has 1 aliphatic carbocycles. The molecule has 3 rings (SSSR count). The van der Waals surface area contributed by atoms with Crippen molar-refractivity contribution in [1.82, 2.24) is 9.78 Å². The van der Waals surface area contributed by atoms with Gasteiger partial charge < -0.3 is 10.5 Å². The number of anilines is 1. The predicted molar refractivity (Wildman–Crippen MR) is 59.0 cm³/mol. The van der Waals surface area contributed by atoms with E-state index in [0.717, 1.165) is 16.7 Å². The Hall–Kier alpha value is -1.71. The van der Waals surface area contributed by atoms with Crippen molar-refractivity contribution in [2.75, 3.05) is 12.8 Å². The summed E-state index contributed by atoms with van der Waals surface area (Å²) in [6.07, 6.45) is 4.28. The molecule has 0 atom stereocenters. The Labute approximate surface area is 87.6 Å². The number of rotatable bonds is 2. The van der Waals surface area contributed by atoms with E-state index in [9.17, 15) is 0 Å². The van der Waals surface area contributed by atoms with Crippen LogP contribution >= 0.6 is 0 Å². The van der Waals surface area contributed by atoms with Gasteiger partial charge >= 0.3 is 0 Å². The third kappa shape index (κ3) is 1.17. The standard InChI is InChI=1S/C11H13N3O/c1-15-11-9(12)5-2-7-6-13-14(10(7)11)8-3-4-8/h2,5-6,8H,3-4,12H2,1H3. The second kappa shape index (κ2) is 2.89. The number of hydrogen-bond acceptors (Lipinski definition) is 3. The molecule has 2 aromatic rings. The summed E-state index contributed by atoms with van der Waals surface area (Å²) in [6, 6.07) is 4.39. The summed E-state index contributed by atoms with van der Waals surface area (Å²) in [4.78, 5) is 0. The fourth-order valence-corrected chi connectivity index (χ4v) is 1.94. The van der Waals surface area contributed by atoms with E-state index in [2.05, 4.69) is 5.10 Å². The highest BCUT2D eigenvalue weighted by atomic mass is 16.5. The van der Waals surface area contributed by atoms with Crippen LogP contribution in [0.3, 0.4) is 0 Å². The number of methoxy groups -OCH3 is 1. The van der Waals surface area contributed by atoms with Crippen LogP contribution in [0, 0.1) is 0 Å². The molecule has 1 fully saturated rings. The summed E-state index contributed by atoms with van der Waals surface area (Å²) in [5.41, 5.74) is 7.58. The molecule has 2 N–H and O–H groups in total. The molecule has 1 aromatic carbocycles. The van der Waals surface area contributed by atoms with Gasteiger partial charge in [0.15, 0.2) is 5.75 Å². The summed E-state index contributed by atoms with van der Waals surface area (Å²) in [7, 11) is 1.65. The number of benzene rings is 1. The first-order valence-corrected chi connectivity index (χ1v) is 5.11. The quantitative estimate of drug-likeness (QED) is 0.759. The van der Waals surface area contributed by atoms with Gasteiger partial charge in [-0.05, 0) is 25.0 Å². The zero-order valence-corrected chi connectivity index (χ0v) is 8.60. The molecule has 78 valence electrons. The topological polar surface area (TPSA) is 53.1 Å². The summed E-state index contributed by atoms with van der Waals surface area (Å²) in [6.45, 7) is 0. The van der Waals surface area contributed by atoms with E-state index in [-0.39, 0.29) is 0 Å². The van der Waals surface area contributed by atoms with Gasteiger partial charge in [0.05, 0.1) is 25.0 Å². The minimum atomic E-state index is 0.540. The maximum atomic E-state index is 5.88. The van der Waals surface area contributed by atoms with Crippen LogP contribution in [0.2, 0.25) is 0 Å². The Balaban J connectivity index is 2.33. The molecule has 0 aliphatic heterocycles. The highest BCUT2D eigenvalue weighted by Gasteiger charge is 2.27. The lowest BCUT2D eigenvalue weighted by molar-refractivity contribution is 0.418. The van der Waals surface area contributed by atoms with Crippen molar-refractivity contribution in [2.45, 2.75) is 18.9 Å². The van der Waals surface area contributed by atoms with Crippen molar-refractivity contribution in [1.29, 1.82) is 0 Å². The molecule has 1 saturated carbocycles. The third-order valence-corrected chi connectivity index (χ3v) is 2.84. The summed E-state index contributed by atoms with van der Waals surface area (Å²) < 4.78 is 7.38. The molecular formula is C11H13N3O. The Morgan fingerprint density at radius 3 is 2.93 bits per heavy atom. The van der Waals surface area contributed by atoms with Crippen molar-refractivity contribution in [2.24, 2.45) is 0 Å². The van der Waals surface area contributed by atoms with Crippen molar-refractivity contribution in [3.05, 3.63) is 18.3 Å². The zero-order chi connectivity index (χ0) is 10.4. The minimum absolute atomic E-state index is 0.540. The summed E-state index contributed by atoms with van der Waals surface area (Å²) >= 11 is 0. The van der Waals surface area contributed by atoms with Crippen molar-refractivity contribution >= 4 is 16.6 Å². The minimum Gasteiger partial charge on any atom is -0.492 e. The number of hydrogen-bond donors (Lipinski definition) is 1. The van der Waals surface area contributed by atoms with E-state index in [0.29, 0.717) is 11.7 Å². The number of fused-ring (bicyclic) bond motifs is 1. The number of nitrogens with two attached hydrogens (primary N) is 1. The first-order valence-electron chi connectivity index (χ1n) is 5.11. The van der Waals surface area contributed by atoms with Gasteiger partial charge in [-0.1, -0.05) is 0 Å². The van der Waals surface area contributed by atoms with Crippen LogP contribution in [0.5, 0.6) is 5.75 Å². The molecule has 4 nitrogen and oxygen atoms in total. The maximum absolute atomic E-state index is 5.88. The summed E-state index contributed by atoms with van der Waals surface area (Å²) in [5.74, 6) is 0.747. The van der Waals surface area contributed by atoms with E-state index < -0.39 is 0 Å². The van der Waals surface area contributed by atoms with Crippen LogP contribution in [0.15, 0.2) is 18.3 Å². The monoisotopic (exact) mass is 203 g/mol. The van der Waals surface area contributed by atoms with Gasteiger partial charge in [0.1, 0.15) is 5.52 Å². The van der Waals surface area contributed by atoms with Crippen LogP contribution in [0.1, 0.15) is 18.9 Å². The molecular weight excluding hydrogens is 190 g/mol. The van der Waals surface area contributed by atoms with Crippen LogP contribution in [-0.4, -0.2) is 16.9 Å². The molecule has 0 bridgehead atoms. The largest absolute Gasteiger partial charge is 0.492 e. The Morgan fingerprint density at radius 2 is 2.27 bits per heavy atom. The molecule has 0 amide bonds. The highest BCUT2D eigenvalue weighted by molar-refractivity contribution is 5.90. The number of nitrogens with zero attached hydrogens (tertiary/aromatic N) is 2. The average Bonchev–Trinajstić information content (AvgIpc) is 2.99. The Bertz CT molecular complexity index is 514. The number of ether oxygens (including phenoxy) is 1. The fourth-order valence-electron chi connectivity index (χ4n) is 1.94. The van der Waals surface area contributed by atoms with E-state index in [4.69, 9.17) is 10.5 Å². The molecule has 15 heavy (non-hydrogen) atoms. The molecule has 1 aromatic heterocycles. The zero-order valence-electron chi connectivity index (χ0n) is 8.60. The average molecular weight is 203 g/mol. The molecule has 0 saturated heterocycles. The smallest absolute Gasteiger partial charge is 0.167 e. The van der Waals surface area contributed by atoms with E-state index in [1.807, 2.05) is 23.0 Å². The van der Waals surface area contributed by atoms with Crippen LogP contribution in [0.25, 0.3) is 10.9 Å². The lowest BCUT2D eigenvalue weighted by atomic mass is 10.2. The lowest BCUT2D eigenvalue weighted by Gasteiger charge is -2.08. The van der Waals surface area contributed by atoms with Crippen molar-refractivity contribution < 1.29 is 4.74 Å². The first-order chi connectivity index (χ1) is 7.31. The number of nitrogen functional groups attached to an aromatic ring is 1. The second-order valence-corrected chi connectivity index (χ2v) is 3.95. The van der Waals surface area contributed by atoms with Crippen LogP contribution < -0.4 is 10.5 Å². The normalized spacial score (nSPS) is 15.8. The molecule has 4 heteroatoms. The SMILES string of the molecule is COc1c(N)ccc2cnn(C3CC3)c12. The molecule has 1 heterocycles. The van der Waals surface area contributed by atoms with Crippen molar-refractivity contribution in [3.63, 3.8) is 0 Å². The van der Waals surface area contributed by atoms with Gasteiger partial charge in [-0.2, -0.15) is 5.10 Å². The number of aromatic nitrogens is 2. The third-order valence-electron chi connectivity index (χ3n) is 2.84. The van der Waals surface area contributed by atoms with Gasteiger partial charge in [-0.25, -0.2) is 0 Å². The lowest BCUT2D eigenvalue weighted by Crippen LogP contribution is -1.99. The molecule has 0 unspecified atom stereocenters. The fraction of sp³-hybridized carbons (Fsp3) is 0.364. The second-order valence-electron chi connectivity index (χ2n) is 3.95. The van der Waals surface area contributed by atoms with Crippen LogP contribution in [0.4, 0.5) is 5.69 Å². The maximum Gasteiger partial charge on any atom is 0.167 e. The first kappa shape index (κ1) is 8.59.